The lowest BCUT2D eigenvalue weighted by atomic mass is 10.2. The molecule has 2 aromatic carbocycles. The lowest BCUT2D eigenvalue weighted by molar-refractivity contribution is 0.0915. The van der Waals surface area contributed by atoms with Crippen molar-refractivity contribution in [2.24, 2.45) is 0 Å². The number of rotatable bonds is 6. The number of nitrogens with zero attached hydrogens (tertiary/aromatic N) is 3. The quantitative estimate of drug-likeness (QED) is 0.733. The van der Waals surface area contributed by atoms with Gasteiger partial charge in [0.05, 0.1) is 36.3 Å². The molecule has 0 aliphatic carbocycles. The van der Waals surface area contributed by atoms with Crippen LogP contribution in [-0.4, -0.2) is 27.4 Å². The molecule has 132 valence electrons. The van der Waals surface area contributed by atoms with E-state index in [0.717, 1.165) is 5.56 Å². The van der Waals surface area contributed by atoms with Crippen molar-refractivity contribution in [3.8, 4) is 11.8 Å². The SMILES string of the molecule is N#CCc1ccc(OC[C@H](O)Cn2cnc3cc(F)ccc3c2=O)cc1. The second-order valence-electron chi connectivity index (χ2n) is 5.81. The second kappa shape index (κ2) is 7.76. The first-order valence-electron chi connectivity index (χ1n) is 7.98. The van der Waals surface area contributed by atoms with Crippen molar-refractivity contribution in [3.63, 3.8) is 0 Å². The minimum absolute atomic E-state index is 0.00562. The summed E-state index contributed by atoms with van der Waals surface area (Å²) in [5, 5.41) is 19.1. The maximum atomic E-state index is 13.2. The molecule has 1 heterocycles. The maximum absolute atomic E-state index is 13.2. The third-order valence-corrected chi connectivity index (χ3v) is 3.84. The molecule has 0 spiro atoms. The van der Waals surface area contributed by atoms with Crippen molar-refractivity contribution < 1.29 is 14.2 Å². The van der Waals surface area contributed by atoms with Crippen LogP contribution in [0.4, 0.5) is 4.39 Å². The van der Waals surface area contributed by atoms with Gasteiger partial charge < -0.3 is 9.84 Å². The van der Waals surface area contributed by atoms with Crippen molar-refractivity contribution in [1.82, 2.24) is 9.55 Å². The Kier molecular flexibility index (Phi) is 5.25. The van der Waals surface area contributed by atoms with E-state index in [4.69, 9.17) is 10.00 Å². The molecular weight excluding hydrogens is 337 g/mol. The van der Waals surface area contributed by atoms with Gasteiger partial charge in [-0.3, -0.25) is 9.36 Å². The number of benzene rings is 2. The van der Waals surface area contributed by atoms with Crippen LogP contribution in [0, 0.1) is 17.1 Å². The topological polar surface area (TPSA) is 88.1 Å². The van der Waals surface area contributed by atoms with E-state index in [9.17, 15) is 14.3 Å². The summed E-state index contributed by atoms with van der Waals surface area (Å²) < 4.78 is 20.0. The van der Waals surface area contributed by atoms with Gasteiger partial charge in [-0.2, -0.15) is 5.26 Å². The van der Waals surface area contributed by atoms with Crippen LogP contribution in [-0.2, 0) is 13.0 Å². The molecule has 1 atom stereocenters. The summed E-state index contributed by atoms with van der Waals surface area (Å²) in [5.74, 6) is 0.0987. The van der Waals surface area contributed by atoms with Gasteiger partial charge >= 0.3 is 0 Å². The standard InChI is InChI=1S/C19H16FN3O3/c20-14-3-6-17-18(9-14)22-12-23(19(17)25)10-15(24)11-26-16-4-1-13(2-5-16)7-8-21/h1-6,9,12,15,24H,7,10-11H2/t15-/m1/s1. The number of aromatic nitrogens is 2. The van der Waals surface area contributed by atoms with E-state index in [2.05, 4.69) is 11.1 Å². The predicted molar refractivity (Wildman–Crippen MR) is 93.2 cm³/mol. The summed E-state index contributed by atoms with van der Waals surface area (Å²) in [6.45, 7) is -0.00282. The van der Waals surface area contributed by atoms with Gasteiger partial charge in [0.1, 0.15) is 24.3 Å². The molecule has 0 radical (unpaired) electrons. The summed E-state index contributed by atoms with van der Waals surface area (Å²) in [5.41, 5.74) is 0.801. The van der Waals surface area contributed by atoms with Gasteiger partial charge in [-0.1, -0.05) is 12.1 Å². The predicted octanol–water partition coefficient (Wildman–Crippen LogP) is 2.04. The minimum Gasteiger partial charge on any atom is -0.491 e. The molecule has 0 amide bonds. The average molecular weight is 353 g/mol. The third-order valence-electron chi connectivity index (χ3n) is 3.84. The fraction of sp³-hybridized carbons (Fsp3) is 0.211. The number of nitriles is 1. The number of halogens is 1. The molecule has 0 bridgehead atoms. The highest BCUT2D eigenvalue weighted by atomic mass is 19.1. The average Bonchev–Trinajstić information content (AvgIpc) is 2.64. The first kappa shape index (κ1) is 17.6. The number of aliphatic hydroxyl groups excluding tert-OH is 1. The third kappa shape index (κ3) is 4.05. The minimum atomic E-state index is -0.925. The molecule has 0 aliphatic rings. The Hall–Kier alpha value is -3.24. The molecular formula is C19H16FN3O3. The van der Waals surface area contributed by atoms with Crippen molar-refractivity contribution in [2.45, 2.75) is 19.1 Å². The lowest BCUT2D eigenvalue weighted by Gasteiger charge is -2.14. The van der Waals surface area contributed by atoms with Crippen LogP contribution in [0.2, 0.25) is 0 Å². The van der Waals surface area contributed by atoms with Gasteiger partial charge in [0, 0.05) is 6.07 Å². The Balaban J connectivity index is 1.64. The molecule has 3 aromatic rings. The van der Waals surface area contributed by atoms with Gasteiger partial charge in [-0.15, -0.1) is 0 Å². The second-order valence-corrected chi connectivity index (χ2v) is 5.81. The van der Waals surface area contributed by atoms with E-state index in [0.29, 0.717) is 12.2 Å². The van der Waals surface area contributed by atoms with Gasteiger partial charge in [-0.05, 0) is 29.8 Å². The molecule has 1 N–H and O–H groups in total. The smallest absolute Gasteiger partial charge is 0.261 e. The fourth-order valence-corrected chi connectivity index (χ4v) is 2.53. The number of ether oxygens (including phenoxy) is 1. The van der Waals surface area contributed by atoms with Gasteiger partial charge in [0.25, 0.3) is 5.56 Å². The van der Waals surface area contributed by atoms with Gasteiger partial charge in [-0.25, -0.2) is 9.37 Å². The van der Waals surface area contributed by atoms with E-state index < -0.39 is 11.9 Å². The van der Waals surface area contributed by atoms with Crippen molar-refractivity contribution in [1.29, 1.82) is 5.26 Å². The molecule has 0 fully saturated rings. The summed E-state index contributed by atoms with van der Waals surface area (Å²) in [6.07, 6.45) is 0.681. The Bertz CT molecular complexity index is 1010. The van der Waals surface area contributed by atoms with Crippen LogP contribution in [0.3, 0.4) is 0 Å². The molecule has 26 heavy (non-hydrogen) atoms. The van der Waals surface area contributed by atoms with Crippen LogP contribution in [0.1, 0.15) is 5.56 Å². The Morgan fingerprint density at radius 1 is 1.27 bits per heavy atom. The first-order valence-corrected chi connectivity index (χ1v) is 7.98. The fourth-order valence-electron chi connectivity index (χ4n) is 2.53. The zero-order valence-electron chi connectivity index (χ0n) is 13.8. The van der Waals surface area contributed by atoms with Crippen molar-refractivity contribution in [3.05, 3.63) is 70.5 Å². The summed E-state index contributed by atoms with van der Waals surface area (Å²) >= 11 is 0. The highest BCUT2D eigenvalue weighted by Crippen LogP contribution is 2.13. The molecule has 6 nitrogen and oxygen atoms in total. The van der Waals surface area contributed by atoms with Gasteiger partial charge in [0.2, 0.25) is 0 Å². The van der Waals surface area contributed by atoms with E-state index >= 15 is 0 Å². The molecule has 0 aliphatic heterocycles. The van der Waals surface area contributed by atoms with Gasteiger partial charge in [0.15, 0.2) is 0 Å². The maximum Gasteiger partial charge on any atom is 0.261 e. The zero-order valence-corrected chi connectivity index (χ0v) is 13.8. The number of hydrogen-bond donors (Lipinski definition) is 1. The highest BCUT2D eigenvalue weighted by Gasteiger charge is 2.11. The van der Waals surface area contributed by atoms with Crippen LogP contribution < -0.4 is 10.3 Å². The largest absolute Gasteiger partial charge is 0.491 e. The zero-order chi connectivity index (χ0) is 18.5. The van der Waals surface area contributed by atoms with Crippen LogP contribution in [0.15, 0.2) is 53.6 Å². The molecule has 3 rings (SSSR count). The number of aliphatic hydroxyl groups is 1. The van der Waals surface area contributed by atoms with Crippen molar-refractivity contribution in [2.75, 3.05) is 6.61 Å². The Labute approximate surface area is 148 Å². The molecule has 0 saturated heterocycles. The van der Waals surface area contributed by atoms with Crippen LogP contribution in [0.5, 0.6) is 5.75 Å². The first-order chi connectivity index (χ1) is 12.6. The molecule has 7 heteroatoms. The highest BCUT2D eigenvalue weighted by molar-refractivity contribution is 5.77. The Morgan fingerprint density at radius 3 is 2.77 bits per heavy atom. The summed E-state index contributed by atoms with van der Waals surface area (Å²) in [7, 11) is 0. The molecule has 0 saturated carbocycles. The lowest BCUT2D eigenvalue weighted by Crippen LogP contribution is -2.30. The van der Waals surface area contributed by atoms with Crippen LogP contribution in [0.25, 0.3) is 10.9 Å². The summed E-state index contributed by atoms with van der Waals surface area (Å²) in [6, 6.07) is 12.8. The van der Waals surface area contributed by atoms with E-state index in [-0.39, 0.29) is 29.6 Å². The number of fused-ring (bicyclic) bond motifs is 1. The van der Waals surface area contributed by atoms with Crippen LogP contribution >= 0.6 is 0 Å². The van der Waals surface area contributed by atoms with E-state index in [1.807, 2.05) is 0 Å². The molecule has 0 unspecified atom stereocenters. The Morgan fingerprint density at radius 2 is 2.04 bits per heavy atom. The number of hydrogen-bond acceptors (Lipinski definition) is 5. The normalized spacial score (nSPS) is 11.9. The monoisotopic (exact) mass is 353 g/mol. The summed E-state index contributed by atoms with van der Waals surface area (Å²) in [4.78, 5) is 16.4. The van der Waals surface area contributed by atoms with Crippen molar-refractivity contribution >= 4 is 10.9 Å². The van der Waals surface area contributed by atoms with E-state index in [1.54, 1.807) is 24.3 Å². The molecule has 1 aromatic heterocycles. The van der Waals surface area contributed by atoms with E-state index in [1.165, 1.54) is 29.1 Å².